The summed E-state index contributed by atoms with van der Waals surface area (Å²) in [5.74, 6) is 1.93. The first-order chi connectivity index (χ1) is 5.72. The first kappa shape index (κ1) is 9.07. The van der Waals surface area contributed by atoms with Gasteiger partial charge in [0.2, 0.25) is 0 Å². The molecule has 0 spiro atoms. The van der Waals surface area contributed by atoms with Gasteiger partial charge in [0, 0.05) is 6.04 Å². The van der Waals surface area contributed by atoms with Crippen molar-refractivity contribution >= 4 is 0 Å². The summed E-state index contributed by atoms with van der Waals surface area (Å²) < 4.78 is 5.38. The lowest BCUT2D eigenvalue weighted by Gasteiger charge is -2.05. The average molecular weight is 165 g/mol. The molecule has 1 rings (SSSR count). The molecule has 0 aliphatic rings. The van der Waals surface area contributed by atoms with Crippen molar-refractivity contribution in [3.8, 4) is 0 Å². The molecule has 2 heteroatoms. The second-order valence-electron chi connectivity index (χ2n) is 2.92. The maximum Gasteiger partial charge on any atom is 0.117 e. The number of nitrogens with one attached hydrogen (secondary N) is 1. The van der Waals surface area contributed by atoms with Gasteiger partial charge in [-0.15, -0.1) is 6.58 Å². The summed E-state index contributed by atoms with van der Waals surface area (Å²) in [6.07, 6.45) is 1.87. The molecule has 1 aromatic heterocycles. The van der Waals surface area contributed by atoms with Crippen molar-refractivity contribution in [1.82, 2.24) is 5.32 Å². The zero-order valence-corrected chi connectivity index (χ0v) is 7.63. The minimum Gasteiger partial charge on any atom is -0.465 e. The van der Waals surface area contributed by atoms with Gasteiger partial charge in [-0.05, 0) is 26.0 Å². The van der Waals surface area contributed by atoms with E-state index in [4.69, 9.17) is 4.42 Å². The van der Waals surface area contributed by atoms with E-state index in [9.17, 15) is 0 Å². The first-order valence-corrected chi connectivity index (χ1v) is 4.13. The molecule has 0 bridgehead atoms. The molecule has 0 radical (unpaired) electrons. The minimum absolute atomic E-state index is 0.329. The van der Waals surface area contributed by atoms with Gasteiger partial charge in [0.05, 0.1) is 6.54 Å². The van der Waals surface area contributed by atoms with Crippen molar-refractivity contribution in [2.24, 2.45) is 0 Å². The highest BCUT2D eigenvalue weighted by atomic mass is 16.3. The van der Waals surface area contributed by atoms with E-state index in [0.29, 0.717) is 6.04 Å². The third-order valence-corrected chi connectivity index (χ3v) is 1.75. The summed E-state index contributed by atoms with van der Waals surface area (Å²) in [5, 5.41) is 3.25. The maximum atomic E-state index is 5.38. The fourth-order valence-electron chi connectivity index (χ4n) is 0.925. The highest BCUT2D eigenvalue weighted by molar-refractivity contribution is 5.05. The Bertz CT molecular complexity index is 252. The monoisotopic (exact) mass is 165 g/mol. The summed E-state index contributed by atoms with van der Waals surface area (Å²) in [4.78, 5) is 0. The predicted octanol–water partition coefficient (Wildman–Crippen LogP) is 2.25. The molecule has 0 amide bonds. The molecule has 0 aliphatic heterocycles. The second-order valence-corrected chi connectivity index (χ2v) is 2.92. The van der Waals surface area contributed by atoms with Crippen LogP contribution in [-0.4, -0.2) is 6.04 Å². The Morgan fingerprint density at radius 3 is 2.92 bits per heavy atom. The van der Waals surface area contributed by atoms with Crippen molar-refractivity contribution in [3.05, 3.63) is 36.3 Å². The van der Waals surface area contributed by atoms with Crippen LogP contribution in [0.15, 0.2) is 29.2 Å². The molecule has 1 heterocycles. The Hall–Kier alpha value is -1.02. The van der Waals surface area contributed by atoms with Gasteiger partial charge < -0.3 is 9.73 Å². The average Bonchev–Trinajstić information content (AvgIpc) is 2.47. The van der Waals surface area contributed by atoms with Crippen LogP contribution in [-0.2, 0) is 6.54 Å². The molecule has 0 aromatic carbocycles. The molecule has 1 N–H and O–H groups in total. The van der Waals surface area contributed by atoms with E-state index in [2.05, 4.69) is 18.8 Å². The Morgan fingerprint density at radius 1 is 1.67 bits per heavy atom. The number of aryl methyl sites for hydroxylation is 1. The zero-order chi connectivity index (χ0) is 8.97. The normalized spacial score (nSPS) is 12.8. The fourth-order valence-corrected chi connectivity index (χ4v) is 0.925. The summed E-state index contributed by atoms with van der Waals surface area (Å²) in [5.41, 5.74) is 0. The third-order valence-electron chi connectivity index (χ3n) is 1.75. The largest absolute Gasteiger partial charge is 0.465 e. The van der Waals surface area contributed by atoms with E-state index in [1.807, 2.05) is 25.1 Å². The van der Waals surface area contributed by atoms with Crippen LogP contribution in [0.5, 0.6) is 0 Å². The van der Waals surface area contributed by atoms with Crippen molar-refractivity contribution < 1.29 is 4.42 Å². The molecular weight excluding hydrogens is 150 g/mol. The predicted molar refractivity (Wildman–Crippen MR) is 49.9 cm³/mol. The maximum absolute atomic E-state index is 5.38. The molecule has 2 nitrogen and oxygen atoms in total. The van der Waals surface area contributed by atoms with Gasteiger partial charge in [0.1, 0.15) is 11.5 Å². The SMILES string of the molecule is C=CC(C)NCc1ccc(C)o1. The Morgan fingerprint density at radius 2 is 2.42 bits per heavy atom. The fraction of sp³-hybridized carbons (Fsp3) is 0.400. The molecular formula is C10H15NO. The number of hydrogen-bond donors (Lipinski definition) is 1. The summed E-state index contributed by atoms with van der Waals surface area (Å²) in [6, 6.07) is 4.28. The summed E-state index contributed by atoms with van der Waals surface area (Å²) >= 11 is 0. The van der Waals surface area contributed by atoms with Gasteiger partial charge in [-0.1, -0.05) is 6.08 Å². The second kappa shape index (κ2) is 4.12. The van der Waals surface area contributed by atoms with Crippen LogP contribution in [0, 0.1) is 6.92 Å². The smallest absolute Gasteiger partial charge is 0.117 e. The van der Waals surface area contributed by atoms with E-state index in [1.165, 1.54) is 0 Å². The molecule has 12 heavy (non-hydrogen) atoms. The zero-order valence-electron chi connectivity index (χ0n) is 7.63. The molecule has 0 fully saturated rings. The topological polar surface area (TPSA) is 25.2 Å². The number of furan rings is 1. The van der Waals surface area contributed by atoms with Crippen LogP contribution >= 0.6 is 0 Å². The van der Waals surface area contributed by atoms with Crippen LogP contribution in [0.25, 0.3) is 0 Å². The molecule has 1 atom stereocenters. The van der Waals surface area contributed by atoms with Gasteiger partial charge in [0.15, 0.2) is 0 Å². The van der Waals surface area contributed by atoms with E-state index in [0.717, 1.165) is 18.1 Å². The van der Waals surface area contributed by atoms with Gasteiger partial charge in [0.25, 0.3) is 0 Å². The highest BCUT2D eigenvalue weighted by Gasteiger charge is 1.99. The molecule has 66 valence electrons. The van der Waals surface area contributed by atoms with Gasteiger partial charge in [-0.3, -0.25) is 0 Å². The van der Waals surface area contributed by atoms with Crippen molar-refractivity contribution in [3.63, 3.8) is 0 Å². The Balaban J connectivity index is 2.37. The Kier molecular flexibility index (Phi) is 3.11. The third kappa shape index (κ3) is 2.55. The van der Waals surface area contributed by atoms with Crippen LogP contribution in [0.1, 0.15) is 18.4 Å². The standard InChI is InChI=1S/C10H15NO/c1-4-8(2)11-7-10-6-5-9(3)12-10/h4-6,8,11H,1,7H2,2-3H3. The summed E-state index contributed by atoms with van der Waals surface area (Å²) in [6.45, 7) is 8.45. The van der Waals surface area contributed by atoms with Crippen LogP contribution < -0.4 is 5.32 Å². The van der Waals surface area contributed by atoms with Crippen molar-refractivity contribution in [1.29, 1.82) is 0 Å². The molecule has 1 unspecified atom stereocenters. The van der Waals surface area contributed by atoms with E-state index >= 15 is 0 Å². The number of rotatable bonds is 4. The van der Waals surface area contributed by atoms with Gasteiger partial charge in [-0.2, -0.15) is 0 Å². The van der Waals surface area contributed by atoms with Crippen molar-refractivity contribution in [2.45, 2.75) is 26.4 Å². The first-order valence-electron chi connectivity index (χ1n) is 4.13. The Labute approximate surface area is 73.3 Å². The molecule has 0 saturated heterocycles. The van der Waals surface area contributed by atoms with Crippen LogP contribution in [0.2, 0.25) is 0 Å². The lowest BCUT2D eigenvalue weighted by molar-refractivity contribution is 0.455. The van der Waals surface area contributed by atoms with E-state index in [1.54, 1.807) is 0 Å². The van der Waals surface area contributed by atoms with Crippen LogP contribution in [0.3, 0.4) is 0 Å². The highest BCUT2D eigenvalue weighted by Crippen LogP contribution is 2.05. The van der Waals surface area contributed by atoms with E-state index in [-0.39, 0.29) is 0 Å². The van der Waals surface area contributed by atoms with Crippen LogP contribution in [0.4, 0.5) is 0 Å². The molecule has 1 aromatic rings. The summed E-state index contributed by atoms with van der Waals surface area (Å²) in [7, 11) is 0. The van der Waals surface area contributed by atoms with E-state index < -0.39 is 0 Å². The van der Waals surface area contributed by atoms with Crippen molar-refractivity contribution in [2.75, 3.05) is 0 Å². The molecule has 0 saturated carbocycles. The minimum atomic E-state index is 0.329. The van der Waals surface area contributed by atoms with Gasteiger partial charge in [-0.25, -0.2) is 0 Å². The number of hydrogen-bond acceptors (Lipinski definition) is 2. The lowest BCUT2D eigenvalue weighted by atomic mass is 10.3. The quantitative estimate of drug-likeness (QED) is 0.692. The lowest BCUT2D eigenvalue weighted by Crippen LogP contribution is -2.22. The van der Waals surface area contributed by atoms with Gasteiger partial charge >= 0.3 is 0 Å². The molecule has 0 aliphatic carbocycles.